The Morgan fingerprint density at radius 3 is 2.14 bits per heavy atom. The summed E-state index contributed by atoms with van der Waals surface area (Å²) in [5.74, 6) is 0.115. The van der Waals surface area contributed by atoms with Crippen LogP contribution in [0.5, 0.6) is 5.75 Å². The third kappa shape index (κ3) is 4.53. The maximum atomic E-state index is 12.4. The van der Waals surface area contributed by atoms with Gasteiger partial charge in [0.05, 0.1) is 18.6 Å². The Labute approximate surface area is 144 Å². The molecule has 0 bridgehead atoms. The molecule has 2 aromatic rings. The van der Waals surface area contributed by atoms with Crippen LogP contribution >= 0.6 is 34.8 Å². The summed E-state index contributed by atoms with van der Waals surface area (Å²) < 4.78 is 30.0. The Hall–Kier alpha value is -0.940. The predicted molar refractivity (Wildman–Crippen MR) is 90.8 cm³/mol. The first-order valence-corrected chi connectivity index (χ1v) is 9.23. The molecule has 2 aromatic carbocycles. The molecule has 0 aliphatic carbocycles. The minimum atomic E-state index is -3.44. The normalized spacial score (nSPS) is 11.5. The van der Waals surface area contributed by atoms with Gasteiger partial charge in [0.2, 0.25) is 0 Å². The number of benzene rings is 2. The molecule has 118 valence electrons. The van der Waals surface area contributed by atoms with Crippen molar-refractivity contribution >= 4 is 44.6 Å². The minimum absolute atomic E-state index is 0.182. The highest BCUT2D eigenvalue weighted by atomic mass is 35.5. The van der Waals surface area contributed by atoms with E-state index in [4.69, 9.17) is 39.5 Å². The van der Waals surface area contributed by atoms with Gasteiger partial charge < -0.3 is 4.74 Å². The second-order valence-corrected chi connectivity index (χ2v) is 8.07. The first-order chi connectivity index (χ1) is 10.3. The number of rotatable bonds is 5. The molecule has 0 fully saturated rings. The molecule has 0 spiro atoms. The fraction of sp³-hybridized carbons (Fsp3) is 0.200. The first-order valence-electron chi connectivity index (χ1n) is 6.27. The molecule has 0 atom stereocenters. The van der Waals surface area contributed by atoms with E-state index in [0.717, 1.165) is 0 Å². The Balaban J connectivity index is 2.26. The van der Waals surface area contributed by atoms with Crippen LogP contribution in [0.3, 0.4) is 0 Å². The van der Waals surface area contributed by atoms with Crippen LogP contribution in [-0.4, -0.2) is 15.5 Å². The molecule has 3 nitrogen and oxygen atoms in total. The van der Waals surface area contributed by atoms with E-state index >= 15 is 0 Å². The second kappa shape index (κ2) is 7.09. The molecule has 22 heavy (non-hydrogen) atoms. The molecule has 0 saturated carbocycles. The van der Waals surface area contributed by atoms with Crippen molar-refractivity contribution in [1.82, 2.24) is 0 Å². The number of hydrogen-bond acceptors (Lipinski definition) is 3. The third-order valence-electron chi connectivity index (χ3n) is 3.01. The van der Waals surface area contributed by atoms with Crippen LogP contribution in [0.25, 0.3) is 0 Å². The SMILES string of the molecule is COc1ccc(Cl)cc1CS(=O)(=O)Cc1ccc(Cl)cc1Cl. The Kier molecular flexibility index (Phi) is 5.61. The molecule has 0 saturated heterocycles. The van der Waals surface area contributed by atoms with E-state index in [2.05, 4.69) is 0 Å². The molecule has 2 rings (SSSR count). The van der Waals surface area contributed by atoms with Crippen molar-refractivity contribution in [3.05, 3.63) is 62.6 Å². The Morgan fingerprint density at radius 2 is 1.50 bits per heavy atom. The van der Waals surface area contributed by atoms with Crippen LogP contribution in [0, 0.1) is 0 Å². The molecular formula is C15H13Cl3O3S. The zero-order valence-corrected chi connectivity index (χ0v) is 14.7. The average Bonchev–Trinajstić information content (AvgIpc) is 2.42. The van der Waals surface area contributed by atoms with E-state index < -0.39 is 9.84 Å². The van der Waals surface area contributed by atoms with Crippen LogP contribution in [0.2, 0.25) is 15.1 Å². The van der Waals surface area contributed by atoms with Crippen LogP contribution in [0.1, 0.15) is 11.1 Å². The van der Waals surface area contributed by atoms with E-state index in [1.54, 1.807) is 30.3 Å². The zero-order valence-electron chi connectivity index (χ0n) is 11.6. The predicted octanol–water partition coefficient (Wildman–Crippen LogP) is 4.77. The number of methoxy groups -OCH3 is 1. The monoisotopic (exact) mass is 378 g/mol. The summed E-state index contributed by atoms with van der Waals surface area (Å²) in [4.78, 5) is 0. The second-order valence-electron chi connectivity index (χ2n) is 4.72. The van der Waals surface area contributed by atoms with Crippen molar-refractivity contribution in [3.8, 4) is 5.75 Å². The molecule has 0 aliphatic rings. The highest BCUT2D eigenvalue weighted by Crippen LogP contribution is 2.27. The van der Waals surface area contributed by atoms with E-state index in [9.17, 15) is 8.42 Å². The van der Waals surface area contributed by atoms with Gasteiger partial charge in [-0.15, -0.1) is 0 Å². The average molecular weight is 380 g/mol. The standard InChI is InChI=1S/C15H13Cl3O3S/c1-21-15-5-4-12(16)6-11(15)9-22(19,20)8-10-2-3-13(17)7-14(10)18/h2-7H,8-9H2,1H3. The van der Waals surface area contributed by atoms with Gasteiger partial charge in [0, 0.05) is 20.6 Å². The summed E-state index contributed by atoms with van der Waals surface area (Å²) in [5.41, 5.74) is 1.02. The molecule has 7 heteroatoms. The number of halogens is 3. The lowest BCUT2D eigenvalue weighted by molar-refractivity contribution is 0.411. The summed E-state index contributed by atoms with van der Waals surface area (Å²) in [5, 5.41) is 1.24. The molecular weight excluding hydrogens is 367 g/mol. The highest BCUT2D eigenvalue weighted by molar-refractivity contribution is 7.89. The van der Waals surface area contributed by atoms with Gasteiger partial charge in [0.25, 0.3) is 0 Å². The molecule has 0 aromatic heterocycles. The van der Waals surface area contributed by atoms with Gasteiger partial charge in [0.15, 0.2) is 9.84 Å². The highest BCUT2D eigenvalue weighted by Gasteiger charge is 2.18. The third-order valence-corrected chi connectivity index (χ3v) is 5.33. The van der Waals surface area contributed by atoms with Crippen molar-refractivity contribution in [3.63, 3.8) is 0 Å². The minimum Gasteiger partial charge on any atom is -0.496 e. The Bertz CT molecular complexity index is 789. The lowest BCUT2D eigenvalue weighted by atomic mass is 10.2. The van der Waals surface area contributed by atoms with Crippen molar-refractivity contribution in [2.75, 3.05) is 7.11 Å². The van der Waals surface area contributed by atoms with Crippen LogP contribution in [0.4, 0.5) is 0 Å². The zero-order chi connectivity index (χ0) is 16.3. The molecule has 0 amide bonds. The van der Waals surface area contributed by atoms with Gasteiger partial charge >= 0.3 is 0 Å². The topological polar surface area (TPSA) is 43.4 Å². The van der Waals surface area contributed by atoms with E-state index in [1.165, 1.54) is 13.2 Å². The summed E-state index contributed by atoms with van der Waals surface area (Å²) in [6.07, 6.45) is 0. The van der Waals surface area contributed by atoms with Gasteiger partial charge in [-0.05, 0) is 35.9 Å². The maximum Gasteiger partial charge on any atom is 0.158 e. The van der Waals surface area contributed by atoms with Gasteiger partial charge in [-0.3, -0.25) is 0 Å². The summed E-state index contributed by atoms with van der Waals surface area (Å²) >= 11 is 17.8. The van der Waals surface area contributed by atoms with Crippen LogP contribution in [-0.2, 0) is 21.3 Å². The first kappa shape index (κ1) is 17.4. The Morgan fingerprint density at radius 1 is 0.909 bits per heavy atom. The van der Waals surface area contributed by atoms with E-state index in [1.807, 2.05) is 0 Å². The van der Waals surface area contributed by atoms with Crippen LogP contribution < -0.4 is 4.74 Å². The van der Waals surface area contributed by atoms with Gasteiger partial charge in [-0.2, -0.15) is 0 Å². The molecule has 0 radical (unpaired) electrons. The molecule has 0 N–H and O–H groups in total. The number of hydrogen-bond donors (Lipinski definition) is 0. The summed E-state index contributed by atoms with van der Waals surface area (Å²) in [7, 11) is -1.96. The van der Waals surface area contributed by atoms with Crippen LogP contribution in [0.15, 0.2) is 36.4 Å². The summed E-state index contributed by atoms with van der Waals surface area (Å²) in [6.45, 7) is 0. The molecule has 0 aliphatic heterocycles. The smallest absolute Gasteiger partial charge is 0.158 e. The quantitative estimate of drug-likeness (QED) is 0.751. The maximum absolute atomic E-state index is 12.4. The fourth-order valence-corrected chi connectivity index (χ4v) is 4.30. The largest absolute Gasteiger partial charge is 0.496 e. The van der Waals surface area contributed by atoms with E-state index in [-0.39, 0.29) is 11.5 Å². The van der Waals surface area contributed by atoms with Gasteiger partial charge in [-0.25, -0.2) is 8.42 Å². The van der Waals surface area contributed by atoms with Crippen molar-refractivity contribution in [2.24, 2.45) is 0 Å². The van der Waals surface area contributed by atoms with Crippen molar-refractivity contribution in [1.29, 1.82) is 0 Å². The lowest BCUT2D eigenvalue weighted by Crippen LogP contribution is -2.09. The molecule has 0 unspecified atom stereocenters. The van der Waals surface area contributed by atoms with Gasteiger partial charge in [-0.1, -0.05) is 40.9 Å². The van der Waals surface area contributed by atoms with E-state index in [0.29, 0.717) is 31.9 Å². The summed E-state index contributed by atoms with van der Waals surface area (Å²) in [6, 6.07) is 9.61. The van der Waals surface area contributed by atoms with Gasteiger partial charge in [0.1, 0.15) is 5.75 Å². The number of ether oxygens (including phenoxy) is 1. The fourth-order valence-electron chi connectivity index (χ4n) is 2.02. The lowest BCUT2D eigenvalue weighted by Gasteiger charge is -2.10. The van der Waals surface area contributed by atoms with Crippen molar-refractivity contribution < 1.29 is 13.2 Å². The number of sulfone groups is 1. The van der Waals surface area contributed by atoms with Crippen molar-refractivity contribution in [2.45, 2.75) is 11.5 Å². The molecule has 0 heterocycles.